The molecule has 0 amide bonds. The van der Waals surface area contributed by atoms with Gasteiger partial charge in [0, 0.05) is 30.1 Å². The zero-order valence-corrected chi connectivity index (χ0v) is 13.2. The van der Waals surface area contributed by atoms with Crippen LogP contribution in [0.1, 0.15) is 36.8 Å². The van der Waals surface area contributed by atoms with Gasteiger partial charge in [-0.15, -0.1) is 0 Å². The number of rotatable bonds is 7. The molecule has 2 aliphatic rings. The Morgan fingerprint density at radius 1 is 1.26 bits per heavy atom. The molecule has 0 radical (unpaired) electrons. The minimum atomic E-state index is 0.865. The molecule has 3 heteroatoms. The van der Waals surface area contributed by atoms with Crippen molar-refractivity contribution in [2.45, 2.75) is 44.8 Å². The first kappa shape index (κ1) is 13.6. The van der Waals surface area contributed by atoms with Crippen molar-refractivity contribution in [3.8, 4) is 0 Å². The van der Waals surface area contributed by atoms with E-state index in [9.17, 15) is 0 Å². The summed E-state index contributed by atoms with van der Waals surface area (Å²) in [6, 6.07) is 7.66. The Hall–Kier alpha value is -0.380. The Labute approximate surface area is 124 Å². The van der Waals surface area contributed by atoms with Gasteiger partial charge in [-0.2, -0.15) is 0 Å². The molecule has 0 aromatic heterocycles. The number of nitrogens with one attached hydrogen (secondary N) is 1. The molecule has 0 bridgehead atoms. The van der Waals surface area contributed by atoms with Crippen molar-refractivity contribution in [1.29, 1.82) is 0 Å². The maximum atomic E-state index is 3.74. The van der Waals surface area contributed by atoms with Gasteiger partial charge in [0.05, 0.1) is 0 Å². The highest BCUT2D eigenvalue weighted by molar-refractivity contribution is 9.10. The van der Waals surface area contributed by atoms with E-state index in [1.165, 1.54) is 47.8 Å². The molecule has 0 unspecified atom stereocenters. The first-order chi connectivity index (χ1) is 9.26. The van der Waals surface area contributed by atoms with Crippen LogP contribution in [0.2, 0.25) is 0 Å². The van der Waals surface area contributed by atoms with Gasteiger partial charge in [-0.3, -0.25) is 4.90 Å². The molecule has 2 fully saturated rings. The van der Waals surface area contributed by atoms with Crippen LogP contribution in [0, 0.1) is 5.92 Å². The van der Waals surface area contributed by atoms with Crippen LogP contribution in [0.5, 0.6) is 0 Å². The van der Waals surface area contributed by atoms with Crippen LogP contribution in [0.25, 0.3) is 0 Å². The number of benzene rings is 1. The van der Waals surface area contributed by atoms with Crippen LogP contribution in [0.4, 0.5) is 0 Å². The fraction of sp³-hybridized carbons (Fsp3) is 0.625. The molecule has 0 heterocycles. The Morgan fingerprint density at radius 2 is 2.05 bits per heavy atom. The van der Waals surface area contributed by atoms with E-state index in [0.717, 1.165) is 25.0 Å². The molecular weight excluding hydrogens is 300 g/mol. The predicted molar refractivity (Wildman–Crippen MR) is 83.1 cm³/mol. The molecular formula is C16H23BrN2. The van der Waals surface area contributed by atoms with Crippen LogP contribution in [-0.4, -0.2) is 24.5 Å². The first-order valence-electron chi connectivity index (χ1n) is 7.42. The zero-order valence-electron chi connectivity index (χ0n) is 11.7. The van der Waals surface area contributed by atoms with Gasteiger partial charge in [0.25, 0.3) is 0 Å². The monoisotopic (exact) mass is 322 g/mol. The number of halogens is 1. The van der Waals surface area contributed by atoms with E-state index >= 15 is 0 Å². The Balaban J connectivity index is 1.66. The van der Waals surface area contributed by atoms with Crippen LogP contribution in [0.3, 0.4) is 0 Å². The van der Waals surface area contributed by atoms with Gasteiger partial charge >= 0.3 is 0 Å². The Morgan fingerprint density at radius 3 is 2.63 bits per heavy atom. The fourth-order valence-corrected chi connectivity index (χ4v) is 3.22. The summed E-state index contributed by atoms with van der Waals surface area (Å²) < 4.78 is 1.27. The summed E-state index contributed by atoms with van der Waals surface area (Å²) in [6.07, 6.45) is 5.71. The molecule has 0 saturated heterocycles. The van der Waals surface area contributed by atoms with E-state index in [1.54, 1.807) is 0 Å². The summed E-state index contributed by atoms with van der Waals surface area (Å²) in [6.45, 7) is 3.37. The summed E-state index contributed by atoms with van der Waals surface area (Å²) in [4.78, 5) is 2.70. The maximum Gasteiger partial charge on any atom is 0.0247 e. The third-order valence-corrected chi connectivity index (χ3v) is 4.86. The van der Waals surface area contributed by atoms with Crippen LogP contribution >= 0.6 is 15.9 Å². The van der Waals surface area contributed by atoms with Crippen molar-refractivity contribution in [2.24, 2.45) is 5.92 Å². The lowest BCUT2D eigenvalue weighted by Crippen LogP contribution is -2.28. The van der Waals surface area contributed by atoms with Crippen molar-refractivity contribution >= 4 is 15.9 Å². The molecule has 3 rings (SSSR count). The minimum Gasteiger partial charge on any atom is -0.316 e. The molecule has 2 nitrogen and oxygen atoms in total. The standard InChI is InChI=1S/C16H23BrN2/c1-18-9-13-4-5-14(16(17)8-13)11-19(15-6-7-15)10-12-2-3-12/h4-5,8,12,15,18H,2-3,6-7,9-11H2,1H3. The topological polar surface area (TPSA) is 15.3 Å². The smallest absolute Gasteiger partial charge is 0.0247 e. The van der Waals surface area contributed by atoms with Gasteiger partial charge in [0.1, 0.15) is 0 Å². The van der Waals surface area contributed by atoms with Gasteiger partial charge in [-0.25, -0.2) is 0 Å². The largest absolute Gasteiger partial charge is 0.316 e. The SMILES string of the molecule is CNCc1ccc(CN(CC2CC2)C2CC2)c(Br)c1. The van der Waals surface area contributed by atoms with Crippen molar-refractivity contribution in [2.75, 3.05) is 13.6 Å². The molecule has 1 aromatic carbocycles. The molecule has 2 saturated carbocycles. The summed E-state index contributed by atoms with van der Waals surface area (Å²) >= 11 is 3.74. The van der Waals surface area contributed by atoms with Crippen molar-refractivity contribution in [3.05, 3.63) is 33.8 Å². The van der Waals surface area contributed by atoms with Crippen LogP contribution < -0.4 is 5.32 Å². The lowest BCUT2D eigenvalue weighted by molar-refractivity contribution is 0.243. The first-order valence-corrected chi connectivity index (χ1v) is 8.21. The molecule has 0 spiro atoms. The third kappa shape index (κ3) is 3.80. The molecule has 1 aromatic rings. The lowest BCUT2D eigenvalue weighted by Gasteiger charge is -2.22. The fourth-order valence-electron chi connectivity index (χ4n) is 2.67. The quantitative estimate of drug-likeness (QED) is 0.826. The normalized spacial score (nSPS) is 19.1. The van der Waals surface area contributed by atoms with Gasteiger partial charge in [0.2, 0.25) is 0 Å². The van der Waals surface area contributed by atoms with Crippen LogP contribution in [-0.2, 0) is 13.1 Å². The average Bonchev–Trinajstić information content (AvgIpc) is 3.26. The van der Waals surface area contributed by atoms with E-state index in [0.29, 0.717) is 0 Å². The molecule has 1 N–H and O–H groups in total. The summed E-state index contributed by atoms with van der Waals surface area (Å²) in [5.41, 5.74) is 2.78. The second-order valence-corrected chi connectivity index (χ2v) is 6.91. The van der Waals surface area contributed by atoms with Crippen molar-refractivity contribution in [1.82, 2.24) is 10.2 Å². The van der Waals surface area contributed by atoms with E-state index in [2.05, 4.69) is 44.3 Å². The zero-order chi connectivity index (χ0) is 13.2. The van der Waals surface area contributed by atoms with E-state index in [-0.39, 0.29) is 0 Å². The number of hydrogen-bond donors (Lipinski definition) is 1. The van der Waals surface area contributed by atoms with Gasteiger partial charge in [-0.1, -0.05) is 28.1 Å². The second-order valence-electron chi connectivity index (χ2n) is 6.06. The molecule has 0 aliphatic heterocycles. The second kappa shape index (κ2) is 5.94. The highest BCUT2D eigenvalue weighted by Crippen LogP contribution is 2.36. The highest BCUT2D eigenvalue weighted by Gasteiger charge is 2.33. The van der Waals surface area contributed by atoms with Crippen LogP contribution in [0.15, 0.2) is 22.7 Å². The average molecular weight is 323 g/mol. The molecule has 2 aliphatic carbocycles. The minimum absolute atomic E-state index is 0.865. The van der Waals surface area contributed by atoms with E-state index in [4.69, 9.17) is 0 Å². The lowest BCUT2D eigenvalue weighted by atomic mass is 10.1. The third-order valence-electron chi connectivity index (χ3n) is 4.12. The maximum absolute atomic E-state index is 3.74. The summed E-state index contributed by atoms with van der Waals surface area (Å²) in [5, 5.41) is 3.20. The van der Waals surface area contributed by atoms with Crippen molar-refractivity contribution in [3.63, 3.8) is 0 Å². The summed E-state index contributed by atoms with van der Waals surface area (Å²) in [5.74, 6) is 0.989. The Bertz CT molecular complexity index is 438. The molecule has 0 atom stereocenters. The Kier molecular flexibility index (Phi) is 4.25. The predicted octanol–water partition coefficient (Wildman–Crippen LogP) is 3.54. The van der Waals surface area contributed by atoms with E-state index in [1.807, 2.05) is 7.05 Å². The van der Waals surface area contributed by atoms with Crippen molar-refractivity contribution < 1.29 is 0 Å². The number of nitrogens with zero attached hydrogens (tertiary/aromatic N) is 1. The summed E-state index contributed by atoms with van der Waals surface area (Å²) in [7, 11) is 1.99. The van der Waals surface area contributed by atoms with Gasteiger partial charge < -0.3 is 5.32 Å². The number of hydrogen-bond acceptors (Lipinski definition) is 2. The van der Waals surface area contributed by atoms with E-state index < -0.39 is 0 Å². The highest BCUT2D eigenvalue weighted by atomic mass is 79.9. The van der Waals surface area contributed by atoms with Gasteiger partial charge in [-0.05, 0) is 55.8 Å². The molecule has 104 valence electrons. The molecule has 19 heavy (non-hydrogen) atoms. The van der Waals surface area contributed by atoms with Gasteiger partial charge in [0.15, 0.2) is 0 Å².